The van der Waals surface area contributed by atoms with Crippen molar-refractivity contribution in [3.05, 3.63) is 33.8 Å². The summed E-state index contributed by atoms with van der Waals surface area (Å²) in [7, 11) is 1.54. The summed E-state index contributed by atoms with van der Waals surface area (Å²) in [6.45, 7) is 4.08. The van der Waals surface area contributed by atoms with Gasteiger partial charge in [-0.05, 0) is 37.1 Å². The second kappa shape index (κ2) is 5.44. The maximum atomic E-state index is 5.62. The molecular weight excluding hydrogens is 308 g/mol. The largest absolute Gasteiger partial charge is 0.481 e. The quantitative estimate of drug-likeness (QED) is 0.907. The van der Waals surface area contributed by atoms with Gasteiger partial charge >= 0.3 is 0 Å². The van der Waals surface area contributed by atoms with Crippen LogP contribution < -0.4 is 15.8 Å². The summed E-state index contributed by atoms with van der Waals surface area (Å²) in [5.74, 6) is 1.21. The van der Waals surface area contributed by atoms with Gasteiger partial charge in [0.1, 0.15) is 5.82 Å². The summed E-state index contributed by atoms with van der Waals surface area (Å²) >= 11 is 3.54. The van der Waals surface area contributed by atoms with Gasteiger partial charge in [0.15, 0.2) is 0 Å². The smallest absolute Gasteiger partial charge is 0.225 e. The second-order valence-corrected chi connectivity index (χ2v) is 5.00. The van der Waals surface area contributed by atoms with Gasteiger partial charge in [-0.15, -0.1) is 0 Å². The molecule has 5 nitrogen and oxygen atoms in total. The van der Waals surface area contributed by atoms with Crippen molar-refractivity contribution in [1.29, 1.82) is 0 Å². The third-order valence-corrected chi connectivity index (χ3v) is 3.89. The summed E-state index contributed by atoms with van der Waals surface area (Å²) < 4.78 is 6.17. The highest BCUT2D eigenvalue weighted by atomic mass is 79.9. The summed E-state index contributed by atoms with van der Waals surface area (Å²) in [4.78, 5) is 8.06. The van der Waals surface area contributed by atoms with Gasteiger partial charge in [0.25, 0.3) is 0 Å². The van der Waals surface area contributed by atoms with Crippen LogP contribution in [-0.2, 0) is 0 Å². The molecule has 2 aromatic rings. The lowest BCUT2D eigenvalue weighted by Crippen LogP contribution is -2.02. The average molecular weight is 323 g/mol. The lowest BCUT2D eigenvalue weighted by atomic mass is 10.1. The van der Waals surface area contributed by atoms with E-state index in [1.165, 1.54) is 0 Å². The molecule has 19 heavy (non-hydrogen) atoms. The number of benzene rings is 1. The number of nitrogen functional groups attached to an aromatic ring is 1. The molecule has 0 unspecified atom stereocenters. The lowest BCUT2D eigenvalue weighted by molar-refractivity contribution is 0.398. The van der Waals surface area contributed by atoms with E-state index in [4.69, 9.17) is 10.5 Å². The summed E-state index contributed by atoms with van der Waals surface area (Å²) in [5.41, 5.74) is 8.86. The van der Waals surface area contributed by atoms with Gasteiger partial charge in [-0.25, -0.2) is 0 Å². The van der Waals surface area contributed by atoms with Gasteiger partial charge in [-0.2, -0.15) is 9.97 Å². The molecule has 0 amide bonds. The third kappa shape index (κ3) is 3.14. The van der Waals surface area contributed by atoms with Crippen molar-refractivity contribution in [3.8, 4) is 5.88 Å². The number of nitrogens with one attached hydrogen (secondary N) is 1. The van der Waals surface area contributed by atoms with E-state index < -0.39 is 0 Å². The van der Waals surface area contributed by atoms with E-state index in [2.05, 4.69) is 31.2 Å². The first-order valence-electron chi connectivity index (χ1n) is 5.72. The molecule has 0 atom stereocenters. The Kier molecular flexibility index (Phi) is 3.90. The Bertz CT molecular complexity index is 593. The molecule has 100 valence electrons. The molecule has 1 heterocycles. The van der Waals surface area contributed by atoms with Crippen LogP contribution in [-0.4, -0.2) is 17.1 Å². The van der Waals surface area contributed by atoms with E-state index in [-0.39, 0.29) is 5.95 Å². The second-order valence-electron chi connectivity index (χ2n) is 4.20. The standard InChI is InChI=1S/C13H15BrN4O/c1-7-4-9(5-8(2)12(7)14)16-10-6-11(19-3)18-13(15)17-10/h4-6H,1-3H3,(H3,15,16,17,18). The van der Waals surface area contributed by atoms with Crippen LogP contribution >= 0.6 is 15.9 Å². The first-order chi connectivity index (χ1) is 8.99. The molecule has 1 aromatic carbocycles. The average Bonchev–Trinajstić information content (AvgIpc) is 2.35. The molecule has 0 spiro atoms. The SMILES string of the molecule is COc1cc(Nc2cc(C)c(Br)c(C)c2)nc(N)n1. The van der Waals surface area contributed by atoms with Crippen LogP contribution in [0.1, 0.15) is 11.1 Å². The molecule has 0 fully saturated rings. The Hall–Kier alpha value is -1.82. The normalized spacial score (nSPS) is 10.3. The Morgan fingerprint density at radius 1 is 1.16 bits per heavy atom. The number of methoxy groups -OCH3 is 1. The van der Waals surface area contributed by atoms with Crippen molar-refractivity contribution in [2.45, 2.75) is 13.8 Å². The van der Waals surface area contributed by atoms with Gasteiger partial charge in [0, 0.05) is 16.2 Å². The fourth-order valence-electron chi connectivity index (χ4n) is 1.78. The summed E-state index contributed by atoms with van der Waals surface area (Å²) in [5, 5.41) is 3.20. The minimum absolute atomic E-state index is 0.174. The van der Waals surface area contributed by atoms with Crippen LogP contribution in [0, 0.1) is 13.8 Å². The Morgan fingerprint density at radius 3 is 2.37 bits per heavy atom. The van der Waals surface area contributed by atoms with Gasteiger partial charge in [-0.1, -0.05) is 15.9 Å². The highest BCUT2D eigenvalue weighted by Crippen LogP contribution is 2.27. The number of ether oxygens (including phenoxy) is 1. The Balaban J connectivity index is 2.33. The summed E-state index contributed by atoms with van der Waals surface area (Å²) in [6.07, 6.45) is 0. The predicted octanol–water partition coefficient (Wildman–Crippen LogP) is 3.19. The molecule has 6 heteroatoms. The van der Waals surface area contributed by atoms with Crippen LogP contribution in [0.4, 0.5) is 17.5 Å². The number of hydrogen-bond donors (Lipinski definition) is 2. The van der Waals surface area contributed by atoms with E-state index in [0.29, 0.717) is 11.7 Å². The highest BCUT2D eigenvalue weighted by Gasteiger charge is 2.06. The van der Waals surface area contributed by atoms with E-state index >= 15 is 0 Å². The number of aromatic nitrogens is 2. The number of halogens is 1. The van der Waals surface area contributed by atoms with Crippen LogP contribution in [0.3, 0.4) is 0 Å². The predicted molar refractivity (Wildman–Crippen MR) is 79.9 cm³/mol. The van der Waals surface area contributed by atoms with Crippen LogP contribution in [0.15, 0.2) is 22.7 Å². The number of hydrogen-bond acceptors (Lipinski definition) is 5. The molecule has 0 aliphatic carbocycles. The van der Waals surface area contributed by atoms with E-state index in [9.17, 15) is 0 Å². The molecule has 0 radical (unpaired) electrons. The van der Waals surface area contributed by atoms with E-state index in [1.54, 1.807) is 13.2 Å². The minimum atomic E-state index is 0.174. The fraction of sp³-hybridized carbons (Fsp3) is 0.231. The van der Waals surface area contributed by atoms with Crippen molar-refractivity contribution in [2.24, 2.45) is 0 Å². The maximum Gasteiger partial charge on any atom is 0.225 e. The number of nitrogens with zero attached hydrogens (tertiary/aromatic N) is 2. The van der Waals surface area contributed by atoms with Crippen LogP contribution in [0.5, 0.6) is 5.88 Å². The van der Waals surface area contributed by atoms with Crippen LogP contribution in [0.2, 0.25) is 0 Å². The van der Waals surface area contributed by atoms with Crippen molar-refractivity contribution < 1.29 is 4.74 Å². The summed E-state index contributed by atoms with van der Waals surface area (Å²) in [6, 6.07) is 5.76. The van der Waals surface area contributed by atoms with Gasteiger partial charge in [0.2, 0.25) is 11.8 Å². The number of rotatable bonds is 3. The highest BCUT2D eigenvalue weighted by molar-refractivity contribution is 9.10. The van der Waals surface area contributed by atoms with Gasteiger partial charge < -0.3 is 15.8 Å². The molecule has 2 rings (SSSR count). The molecular formula is C13H15BrN4O. The first kappa shape index (κ1) is 13.6. The van der Waals surface area contributed by atoms with Crippen molar-refractivity contribution in [3.63, 3.8) is 0 Å². The molecule has 0 saturated heterocycles. The van der Waals surface area contributed by atoms with Crippen LogP contribution in [0.25, 0.3) is 0 Å². The fourth-order valence-corrected chi connectivity index (χ4v) is 2.01. The molecule has 0 saturated carbocycles. The third-order valence-electron chi connectivity index (χ3n) is 2.64. The monoisotopic (exact) mass is 322 g/mol. The van der Waals surface area contributed by atoms with Gasteiger partial charge in [0.05, 0.1) is 7.11 Å². The lowest BCUT2D eigenvalue weighted by Gasteiger charge is -2.11. The molecule has 3 N–H and O–H groups in total. The molecule has 0 bridgehead atoms. The Labute approximate surface area is 120 Å². The number of anilines is 3. The molecule has 0 aliphatic heterocycles. The van der Waals surface area contributed by atoms with Gasteiger partial charge in [-0.3, -0.25) is 0 Å². The zero-order valence-electron chi connectivity index (χ0n) is 11.0. The van der Waals surface area contributed by atoms with Crippen molar-refractivity contribution >= 4 is 33.4 Å². The molecule has 1 aromatic heterocycles. The zero-order chi connectivity index (χ0) is 14.0. The van der Waals surface area contributed by atoms with E-state index in [1.807, 2.05) is 26.0 Å². The molecule has 0 aliphatic rings. The van der Waals surface area contributed by atoms with Crippen molar-refractivity contribution in [1.82, 2.24) is 9.97 Å². The maximum absolute atomic E-state index is 5.62. The number of aryl methyl sites for hydroxylation is 2. The van der Waals surface area contributed by atoms with E-state index in [0.717, 1.165) is 21.3 Å². The Morgan fingerprint density at radius 2 is 1.79 bits per heavy atom. The van der Waals surface area contributed by atoms with Crippen molar-refractivity contribution in [2.75, 3.05) is 18.2 Å². The first-order valence-corrected chi connectivity index (χ1v) is 6.51. The number of nitrogens with two attached hydrogens (primary N) is 1. The zero-order valence-corrected chi connectivity index (χ0v) is 12.6. The topological polar surface area (TPSA) is 73.1 Å². The minimum Gasteiger partial charge on any atom is -0.481 e.